The molecule has 2 heterocycles. The molecule has 1 atom stereocenters. The van der Waals surface area contributed by atoms with E-state index >= 15 is 0 Å². The number of nitrogens with zero attached hydrogens (tertiary/aromatic N) is 2. The lowest BCUT2D eigenvalue weighted by Gasteiger charge is -2.34. The number of nitrogens with two attached hydrogens (primary N) is 1. The first-order valence-corrected chi connectivity index (χ1v) is 10.3. The lowest BCUT2D eigenvalue weighted by atomic mass is 9.99. The third-order valence-electron chi connectivity index (χ3n) is 5.15. The number of hydrogen-bond acceptors (Lipinski definition) is 5. The van der Waals surface area contributed by atoms with Gasteiger partial charge in [0.1, 0.15) is 0 Å². The van der Waals surface area contributed by atoms with E-state index in [4.69, 9.17) is 10.5 Å². The maximum Gasteiger partial charge on any atom is 0.188 e. The minimum atomic E-state index is -3.21. The Kier molecular flexibility index (Phi) is 8.71. The molecule has 0 aromatic heterocycles. The molecule has 3 N–H and O–H groups in total. The Bertz CT molecular complexity index is 521. The van der Waals surface area contributed by atoms with E-state index in [0.29, 0.717) is 38.1 Å². The van der Waals surface area contributed by atoms with Crippen molar-refractivity contribution in [2.45, 2.75) is 43.4 Å². The minimum Gasteiger partial charge on any atom is -0.381 e. The molecule has 0 aromatic carbocycles. The second-order valence-corrected chi connectivity index (χ2v) is 8.98. The van der Waals surface area contributed by atoms with Crippen molar-refractivity contribution >= 4 is 39.8 Å². The summed E-state index contributed by atoms with van der Waals surface area (Å²) in [5.41, 5.74) is 5.95. The average Bonchev–Trinajstić information content (AvgIpc) is 2.98. The molecule has 9 heteroatoms. The van der Waals surface area contributed by atoms with E-state index in [1.165, 1.54) is 19.1 Å². The Labute approximate surface area is 162 Å². The fourth-order valence-corrected chi connectivity index (χ4v) is 4.65. The average molecular weight is 474 g/mol. The molecule has 142 valence electrons. The summed E-state index contributed by atoms with van der Waals surface area (Å²) < 4.78 is 28.8. The van der Waals surface area contributed by atoms with Gasteiger partial charge in [-0.1, -0.05) is 6.92 Å². The van der Waals surface area contributed by atoms with Crippen molar-refractivity contribution in [3.05, 3.63) is 0 Å². The van der Waals surface area contributed by atoms with Gasteiger partial charge in [-0.3, -0.25) is 9.89 Å². The predicted octanol–water partition coefficient (Wildman–Crippen LogP) is 0.587. The highest BCUT2D eigenvalue weighted by atomic mass is 127. The standard InChI is InChI=1S/C15H30N4O3S.HI/c1-3-19-8-4-5-13(19)11-17-14(16)18-12-15(23(2,20)21)6-9-22-10-7-15;/h13H,3-12H2,1-2H3,(H3,16,17,18);1H. The molecule has 0 spiro atoms. The van der Waals surface area contributed by atoms with Crippen LogP contribution in [0.3, 0.4) is 0 Å². The van der Waals surface area contributed by atoms with Crippen molar-refractivity contribution in [1.29, 1.82) is 0 Å². The summed E-state index contributed by atoms with van der Waals surface area (Å²) in [7, 11) is -3.21. The molecule has 0 aliphatic carbocycles. The van der Waals surface area contributed by atoms with Gasteiger partial charge < -0.3 is 15.8 Å². The summed E-state index contributed by atoms with van der Waals surface area (Å²) in [5.74, 6) is 0.336. The number of halogens is 1. The van der Waals surface area contributed by atoms with Crippen LogP contribution in [0.15, 0.2) is 4.99 Å². The van der Waals surface area contributed by atoms with E-state index in [2.05, 4.69) is 22.1 Å². The third-order valence-corrected chi connectivity index (χ3v) is 7.26. The number of nitrogens with one attached hydrogen (secondary N) is 1. The molecule has 24 heavy (non-hydrogen) atoms. The highest BCUT2D eigenvalue weighted by Crippen LogP contribution is 2.29. The molecule has 0 radical (unpaired) electrons. The Morgan fingerprint density at radius 2 is 2.08 bits per heavy atom. The Morgan fingerprint density at radius 3 is 2.67 bits per heavy atom. The maximum absolute atomic E-state index is 12.2. The first-order chi connectivity index (χ1) is 10.9. The van der Waals surface area contributed by atoms with Crippen LogP contribution in [0.4, 0.5) is 0 Å². The van der Waals surface area contributed by atoms with Gasteiger partial charge in [0.2, 0.25) is 0 Å². The van der Waals surface area contributed by atoms with Gasteiger partial charge in [0.15, 0.2) is 15.8 Å². The molecule has 0 saturated carbocycles. The molecule has 2 fully saturated rings. The number of guanidine groups is 1. The Morgan fingerprint density at radius 1 is 1.42 bits per heavy atom. The number of aliphatic imine (C=N–C) groups is 1. The molecule has 1 unspecified atom stereocenters. The van der Waals surface area contributed by atoms with Crippen molar-refractivity contribution in [2.24, 2.45) is 10.7 Å². The van der Waals surface area contributed by atoms with E-state index in [0.717, 1.165) is 19.6 Å². The molecule has 0 aromatic rings. The molecule has 0 amide bonds. The van der Waals surface area contributed by atoms with Crippen molar-refractivity contribution in [2.75, 3.05) is 45.6 Å². The molecular weight excluding hydrogens is 443 g/mol. The SMILES string of the molecule is CCN1CCCC1CNC(N)=NCC1(S(C)(=O)=O)CCOCC1.I. The molecule has 7 nitrogen and oxygen atoms in total. The van der Waals surface area contributed by atoms with E-state index in [9.17, 15) is 8.42 Å². The molecule has 0 bridgehead atoms. The van der Waals surface area contributed by atoms with Crippen LogP contribution in [0, 0.1) is 0 Å². The fourth-order valence-electron chi connectivity index (χ4n) is 3.44. The fraction of sp³-hybridized carbons (Fsp3) is 0.933. The number of likely N-dealkylation sites (tertiary alicyclic amines) is 1. The zero-order chi connectivity index (χ0) is 16.9. The van der Waals surface area contributed by atoms with E-state index in [1.54, 1.807) is 0 Å². The van der Waals surface area contributed by atoms with Crippen molar-refractivity contribution in [3.8, 4) is 0 Å². The largest absolute Gasteiger partial charge is 0.381 e. The number of likely N-dealkylation sites (N-methyl/N-ethyl adjacent to an activating group) is 1. The van der Waals surface area contributed by atoms with Crippen LogP contribution in [0.5, 0.6) is 0 Å². The topological polar surface area (TPSA) is 97.0 Å². The first kappa shape index (κ1) is 21.9. The first-order valence-electron chi connectivity index (χ1n) is 8.43. The zero-order valence-electron chi connectivity index (χ0n) is 14.7. The molecule has 2 saturated heterocycles. The normalized spacial score (nSPS) is 25.2. The van der Waals surface area contributed by atoms with Crippen LogP contribution in [0.25, 0.3) is 0 Å². The minimum absolute atomic E-state index is 0. The van der Waals surface area contributed by atoms with Gasteiger partial charge in [-0.2, -0.15) is 0 Å². The highest BCUT2D eigenvalue weighted by Gasteiger charge is 2.42. The zero-order valence-corrected chi connectivity index (χ0v) is 17.8. The summed E-state index contributed by atoms with van der Waals surface area (Å²) >= 11 is 0. The maximum atomic E-state index is 12.2. The number of hydrogen-bond donors (Lipinski definition) is 2. The van der Waals surface area contributed by atoms with Gasteiger partial charge in [0.05, 0.1) is 11.3 Å². The lowest BCUT2D eigenvalue weighted by Crippen LogP contribution is -2.47. The van der Waals surface area contributed by atoms with Crippen LogP contribution in [0.2, 0.25) is 0 Å². The van der Waals surface area contributed by atoms with Crippen LogP contribution in [0.1, 0.15) is 32.6 Å². The van der Waals surface area contributed by atoms with E-state index < -0.39 is 14.6 Å². The summed E-state index contributed by atoms with van der Waals surface area (Å²) in [6.07, 6.45) is 4.63. The van der Waals surface area contributed by atoms with Gasteiger partial charge in [0, 0.05) is 32.1 Å². The van der Waals surface area contributed by atoms with Gasteiger partial charge in [-0.25, -0.2) is 8.42 Å². The van der Waals surface area contributed by atoms with Crippen LogP contribution >= 0.6 is 24.0 Å². The lowest BCUT2D eigenvalue weighted by molar-refractivity contribution is 0.0768. The molecule has 2 aliphatic rings. The molecule has 2 rings (SSSR count). The number of rotatable bonds is 6. The van der Waals surface area contributed by atoms with E-state index in [-0.39, 0.29) is 30.5 Å². The smallest absolute Gasteiger partial charge is 0.188 e. The monoisotopic (exact) mass is 474 g/mol. The third kappa shape index (κ3) is 5.43. The summed E-state index contributed by atoms with van der Waals surface area (Å²) in [6.45, 7) is 6.23. The highest BCUT2D eigenvalue weighted by molar-refractivity contribution is 14.0. The number of sulfone groups is 1. The number of ether oxygens (including phenoxy) is 1. The van der Waals surface area contributed by atoms with E-state index in [1.807, 2.05) is 0 Å². The molecule has 2 aliphatic heterocycles. The van der Waals surface area contributed by atoms with Crippen LogP contribution in [-0.2, 0) is 14.6 Å². The van der Waals surface area contributed by atoms with Gasteiger partial charge in [0.25, 0.3) is 0 Å². The van der Waals surface area contributed by atoms with Crippen LogP contribution in [-0.4, -0.2) is 75.7 Å². The van der Waals surface area contributed by atoms with Gasteiger partial charge in [-0.05, 0) is 38.8 Å². The predicted molar refractivity (Wildman–Crippen MR) is 108 cm³/mol. The summed E-state index contributed by atoms with van der Waals surface area (Å²) in [6, 6.07) is 0.487. The summed E-state index contributed by atoms with van der Waals surface area (Å²) in [4.78, 5) is 6.76. The van der Waals surface area contributed by atoms with Crippen LogP contribution < -0.4 is 11.1 Å². The van der Waals surface area contributed by atoms with Crippen molar-refractivity contribution < 1.29 is 13.2 Å². The second kappa shape index (κ2) is 9.54. The van der Waals surface area contributed by atoms with Gasteiger partial charge in [-0.15, -0.1) is 24.0 Å². The second-order valence-electron chi connectivity index (χ2n) is 6.57. The Balaban J connectivity index is 0.00000288. The van der Waals surface area contributed by atoms with Crippen molar-refractivity contribution in [3.63, 3.8) is 0 Å². The van der Waals surface area contributed by atoms with Gasteiger partial charge >= 0.3 is 0 Å². The quantitative estimate of drug-likeness (QED) is 0.332. The molecular formula is C15H31IN4O3S. The van der Waals surface area contributed by atoms with Crippen molar-refractivity contribution in [1.82, 2.24) is 10.2 Å². The Hall–Kier alpha value is -0.130. The summed E-state index contributed by atoms with van der Waals surface area (Å²) in [5, 5.41) is 3.16.